The van der Waals surface area contributed by atoms with E-state index < -0.39 is 29.9 Å². The van der Waals surface area contributed by atoms with Gasteiger partial charge in [0.1, 0.15) is 12.4 Å². The maximum absolute atomic E-state index is 13.5. The van der Waals surface area contributed by atoms with Crippen molar-refractivity contribution in [2.45, 2.75) is 12.0 Å². The largest absolute Gasteiger partial charge is 0.325 e. The van der Waals surface area contributed by atoms with Crippen LogP contribution in [0.4, 0.5) is 10.6 Å². The number of nitrogens with zero attached hydrogens (tertiary/aromatic N) is 2. The molecule has 1 aliphatic rings. The van der Waals surface area contributed by atoms with Gasteiger partial charge >= 0.3 is 6.03 Å². The number of hydrogen-bond acceptors (Lipinski definition) is 4. The maximum atomic E-state index is 13.5. The van der Waals surface area contributed by atoms with E-state index in [4.69, 9.17) is 0 Å². The Morgan fingerprint density at radius 3 is 2.32 bits per heavy atom. The molecule has 1 saturated heterocycles. The molecule has 7 nitrogen and oxygen atoms in total. The van der Waals surface area contributed by atoms with E-state index in [2.05, 4.69) is 31.5 Å². The molecule has 1 aromatic heterocycles. The number of carbonyl (C=O) groups excluding carboxylic acids is 3. The lowest BCUT2D eigenvalue weighted by atomic mass is 9.83. The van der Waals surface area contributed by atoms with Gasteiger partial charge in [-0.15, -0.1) is 0 Å². The molecule has 4 amide bonds. The molecule has 0 bridgehead atoms. The molecule has 1 unspecified atom stereocenters. The first-order chi connectivity index (χ1) is 15.0. The molecule has 156 valence electrons. The number of urea groups is 1. The summed E-state index contributed by atoms with van der Waals surface area (Å²) in [7, 11) is 0. The highest BCUT2D eigenvalue weighted by Gasteiger charge is 2.52. The quantitative estimate of drug-likeness (QED) is 0.530. The Morgan fingerprint density at radius 2 is 1.68 bits per heavy atom. The van der Waals surface area contributed by atoms with Crippen LogP contribution >= 0.6 is 15.9 Å². The lowest BCUT2D eigenvalue weighted by Crippen LogP contribution is -2.46. The molecule has 2 heterocycles. The Bertz CT molecular complexity index is 1110. The number of imide groups is 1. The fraction of sp³-hybridized carbons (Fsp3) is 0.130. The van der Waals surface area contributed by atoms with Gasteiger partial charge in [0.2, 0.25) is 5.91 Å². The first-order valence-electron chi connectivity index (χ1n) is 9.63. The molecule has 3 aromatic rings. The van der Waals surface area contributed by atoms with E-state index in [0.717, 1.165) is 14.9 Å². The normalized spacial score (nSPS) is 18.0. The SMILES string of the molecule is O=C(CN1C(=O)NC(Cc2ccccc2)(c2ccccc2)C1=O)Nc1ccc(Br)cn1. The minimum absolute atomic E-state index is 0.273. The van der Waals surface area contributed by atoms with Crippen LogP contribution in [0.1, 0.15) is 11.1 Å². The molecule has 1 atom stereocenters. The van der Waals surface area contributed by atoms with E-state index in [0.29, 0.717) is 11.4 Å². The van der Waals surface area contributed by atoms with Crippen molar-refractivity contribution in [1.29, 1.82) is 0 Å². The molecule has 0 saturated carbocycles. The van der Waals surface area contributed by atoms with Gasteiger partial charge in [0.15, 0.2) is 5.54 Å². The van der Waals surface area contributed by atoms with Crippen LogP contribution in [-0.2, 0) is 21.5 Å². The third-order valence-corrected chi connectivity index (χ3v) is 5.52. The summed E-state index contributed by atoms with van der Waals surface area (Å²) in [5.74, 6) is -0.646. The van der Waals surface area contributed by atoms with Crippen LogP contribution in [0.15, 0.2) is 83.5 Å². The number of benzene rings is 2. The summed E-state index contributed by atoms with van der Waals surface area (Å²) in [6.45, 7) is -0.411. The molecule has 0 radical (unpaired) electrons. The number of rotatable bonds is 6. The van der Waals surface area contributed by atoms with Crippen molar-refractivity contribution < 1.29 is 14.4 Å². The predicted molar refractivity (Wildman–Crippen MR) is 119 cm³/mol. The molecule has 2 N–H and O–H groups in total. The van der Waals surface area contributed by atoms with Gasteiger partial charge in [-0.2, -0.15) is 0 Å². The Balaban J connectivity index is 1.59. The Labute approximate surface area is 187 Å². The van der Waals surface area contributed by atoms with E-state index in [1.165, 1.54) is 0 Å². The van der Waals surface area contributed by atoms with E-state index in [1.54, 1.807) is 30.5 Å². The number of anilines is 1. The van der Waals surface area contributed by atoms with Gasteiger partial charge in [-0.05, 0) is 39.2 Å². The van der Waals surface area contributed by atoms with Crippen LogP contribution < -0.4 is 10.6 Å². The van der Waals surface area contributed by atoms with Gasteiger partial charge in [0.25, 0.3) is 5.91 Å². The van der Waals surface area contributed by atoms with E-state index >= 15 is 0 Å². The summed E-state index contributed by atoms with van der Waals surface area (Å²) in [6, 6.07) is 21.3. The van der Waals surface area contributed by atoms with Gasteiger partial charge in [-0.1, -0.05) is 60.7 Å². The molecule has 8 heteroatoms. The topological polar surface area (TPSA) is 91.4 Å². The summed E-state index contributed by atoms with van der Waals surface area (Å²) in [4.78, 5) is 43.8. The fourth-order valence-corrected chi connectivity index (χ4v) is 3.82. The highest BCUT2D eigenvalue weighted by atomic mass is 79.9. The van der Waals surface area contributed by atoms with Crippen LogP contribution in [0.2, 0.25) is 0 Å². The van der Waals surface area contributed by atoms with Crippen molar-refractivity contribution in [2.24, 2.45) is 0 Å². The summed E-state index contributed by atoms with van der Waals surface area (Å²) in [6.07, 6.45) is 1.82. The number of carbonyl (C=O) groups is 3. The van der Waals surface area contributed by atoms with Gasteiger partial charge < -0.3 is 10.6 Å². The molecule has 31 heavy (non-hydrogen) atoms. The first-order valence-corrected chi connectivity index (χ1v) is 10.4. The number of pyridine rings is 1. The van der Waals surface area contributed by atoms with Crippen LogP contribution in [0, 0.1) is 0 Å². The number of hydrogen-bond donors (Lipinski definition) is 2. The number of aromatic nitrogens is 1. The summed E-state index contributed by atoms with van der Waals surface area (Å²) >= 11 is 3.28. The molecule has 1 aliphatic heterocycles. The first kappa shape index (κ1) is 20.7. The lowest BCUT2D eigenvalue weighted by molar-refractivity contribution is -0.134. The molecule has 4 rings (SSSR count). The zero-order valence-electron chi connectivity index (χ0n) is 16.4. The molecular formula is C23H19BrN4O3. The van der Waals surface area contributed by atoms with Gasteiger partial charge in [0, 0.05) is 17.1 Å². The van der Waals surface area contributed by atoms with Crippen LogP contribution in [0.5, 0.6) is 0 Å². The minimum Gasteiger partial charge on any atom is -0.319 e. The molecular weight excluding hydrogens is 460 g/mol. The predicted octanol–water partition coefficient (Wildman–Crippen LogP) is 3.47. The summed E-state index contributed by atoms with van der Waals surface area (Å²) < 4.78 is 0.771. The monoisotopic (exact) mass is 478 g/mol. The molecule has 1 fully saturated rings. The Hall–Kier alpha value is -3.52. The average molecular weight is 479 g/mol. The molecule has 0 aliphatic carbocycles. The molecule has 0 spiro atoms. The van der Waals surface area contributed by atoms with Crippen molar-refractivity contribution >= 4 is 39.6 Å². The van der Waals surface area contributed by atoms with E-state index in [9.17, 15) is 14.4 Å². The summed E-state index contributed by atoms with van der Waals surface area (Å²) in [5, 5.41) is 5.45. The van der Waals surface area contributed by atoms with Crippen molar-refractivity contribution in [3.05, 3.63) is 94.6 Å². The Kier molecular flexibility index (Phi) is 5.81. The number of halogens is 1. The minimum atomic E-state index is -1.28. The van der Waals surface area contributed by atoms with Gasteiger partial charge in [-0.3, -0.25) is 14.5 Å². The highest BCUT2D eigenvalue weighted by molar-refractivity contribution is 9.10. The summed E-state index contributed by atoms with van der Waals surface area (Å²) in [5.41, 5.74) is 0.274. The lowest BCUT2D eigenvalue weighted by Gasteiger charge is -2.27. The second-order valence-corrected chi connectivity index (χ2v) is 8.08. The number of nitrogens with one attached hydrogen (secondary N) is 2. The van der Waals surface area contributed by atoms with Gasteiger partial charge in [0.05, 0.1) is 0 Å². The Morgan fingerprint density at radius 1 is 1.00 bits per heavy atom. The fourth-order valence-electron chi connectivity index (χ4n) is 3.59. The van der Waals surface area contributed by atoms with Crippen molar-refractivity contribution in [3.8, 4) is 0 Å². The second kappa shape index (κ2) is 8.69. The standard InChI is InChI=1S/C23H19BrN4O3/c24-18-11-12-19(25-14-18)26-20(29)15-28-21(30)23(27-22(28)31,17-9-5-2-6-10-17)13-16-7-3-1-4-8-16/h1-12,14H,13,15H2,(H,27,31)(H,25,26,29). The van der Waals surface area contributed by atoms with Crippen LogP contribution in [-0.4, -0.2) is 34.3 Å². The van der Waals surface area contributed by atoms with Crippen LogP contribution in [0.3, 0.4) is 0 Å². The van der Waals surface area contributed by atoms with Crippen molar-refractivity contribution in [3.63, 3.8) is 0 Å². The maximum Gasteiger partial charge on any atom is 0.325 e. The average Bonchev–Trinajstić information content (AvgIpc) is 3.01. The van der Waals surface area contributed by atoms with Crippen LogP contribution in [0.25, 0.3) is 0 Å². The zero-order valence-corrected chi connectivity index (χ0v) is 18.0. The number of amides is 4. The van der Waals surface area contributed by atoms with Crippen molar-refractivity contribution in [2.75, 3.05) is 11.9 Å². The highest BCUT2D eigenvalue weighted by Crippen LogP contribution is 2.33. The van der Waals surface area contributed by atoms with Crippen molar-refractivity contribution in [1.82, 2.24) is 15.2 Å². The zero-order chi connectivity index (χ0) is 21.8. The third-order valence-electron chi connectivity index (χ3n) is 5.05. The van der Waals surface area contributed by atoms with E-state index in [1.807, 2.05) is 48.5 Å². The second-order valence-electron chi connectivity index (χ2n) is 7.17. The molecule has 2 aromatic carbocycles. The smallest absolute Gasteiger partial charge is 0.319 e. The van der Waals surface area contributed by atoms with E-state index in [-0.39, 0.29) is 6.42 Å². The third kappa shape index (κ3) is 4.34. The van der Waals surface area contributed by atoms with Gasteiger partial charge in [-0.25, -0.2) is 9.78 Å².